The number of carbonyl (C=O) groups is 1. The van der Waals surface area contributed by atoms with Gasteiger partial charge >= 0.3 is 5.97 Å². The van der Waals surface area contributed by atoms with Crippen LogP contribution in [0.25, 0.3) is 11.0 Å². The van der Waals surface area contributed by atoms with E-state index in [1.54, 1.807) is 23.0 Å². The topological polar surface area (TPSA) is 80.9 Å². The predicted molar refractivity (Wildman–Crippen MR) is 72.6 cm³/mol. The van der Waals surface area contributed by atoms with Crippen LogP contribution in [0.3, 0.4) is 0 Å². The number of pyridine rings is 1. The van der Waals surface area contributed by atoms with Crippen molar-refractivity contribution in [3.8, 4) is 0 Å². The van der Waals surface area contributed by atoms with Crippen LogP contribution >= 0.6 is 0 Å². The fourth-order valence-electron chi connectivity index (χ4n) is 1.99. The Kier molecular flexibility index (Phi) is 2.90. The van der Waals surface area contributed by atoms with Crippen molar-refractivity contribution >= 4 is 17.0 Å². The van der Waals surface area contributed by atoms with Crippen LogP contribution in [0, 0.1) is 6.92 Å². The third-order valence-electron chi connectivity index (χ3n) is 3.07. The van der Waals surface area contributed by atoms with Gasteiger partial charge in [0, 0.05) is 11.9 Å². The average molecular weight is 268 g/mol. The number of benzene rings is 1. The maximum absolute atomic E-state index is 10.9. The minimum atomic E-state index is -0.968. The molecule has 3 rings (SSSR count). The van der Waals surface area contributed by atoms with Crippen molar-refractivity contribution in [1.82, 2.24) is 20.0 Å². The van der Waals surface area contributed by atoms with E-state index in [0.29, 0.717) is 12.1 Å². The maximum Gasteiger partial charge on any atom is 0.335 e. The number of fused-ring (bicyclic) bond motifs is 1. The quantitative estimate of drug-likeness (QED) is 0.784. The van der Waals surface area contributed by atoms with Crippen molar-refractivity contribution in [2.75, 3.05) is 0 Å². The molecule has 1 aromatic carbocycles. The molecule has 0 fully saturated rings. The van der Waals surface area contributed by atoms with E-state index < -0.39 is 5.97 Å². The first kappa shape index (κ1) is 12.3. The molecule has 0 saturated carbocycles. The van der Waals surface area contributed by atoms with Crippen molar-refractivity contribution in [3.63, 3.8) is 0 Å². The largest absolute Gasteiger partial charge is 0.478 e. The molecule has 0 aliphatic carbocycles. The molecule has 6 heteroatoms. The summed E-state index contributed by atoms with van der Waals surface area (Å²) < 4.78 is 1.73. The van der Waals surface area contributed by atoms with E-state index in [2.05, 4.69) is 15.3 Å². The molecule has 0 unspecified atom stereocenters. The molecule has 100 valence electrons. The first-order chi connectivity index (χ1) is 9.63. The molecule has 2 aromatic heterocycles. The van der Waals surface area contributed by atoms with Gasteiger partial charge < -0.3 is 5.11 Å². The molecule has 0 aliphatic heterocycles. The third kappa shape index (κ3) is 2.23. The number of carboxylic acids is 1. The minimum absolute atomic E-state index is 0.210. The number of hydrogen-bond donors (Lipinski definition) is 1. The van der Waals surface area contributed by atoms with Crippen molar-refractivity contribution in [2.24, 2.45) is 0 Å². The van der Waals surface area contributed by atoms with Crippen LogP contribution in [0.1, 0.15) is 21.6 Å². The van der Waals surface area contributed by atoms with Gasteiger partial charge in [0.25, 0.3) is 0 Å². The summed E-state index contributed by atoms with van der Waals surface area (Å²) in [7, 11) is 0. The lowest BCUT2D eigenvalue weighted by Gasteiger charge is -2.03. The normalized spacial score (nSPS) is 10.8. The van der Waals surface area contributed by atoms with Crippen LogP contribution in [-0.4, -0.2) is 31.1 Å². The van der Waals surface area contributed by atoms with Gasteiger partial charge in [0.15, 0.2) is 0 Å². The van der Waals surface area contributed by atoms with Gasteiger partial charge in [0.05, 0.1) is 17.6 Å². The molecule has 0 atom stereocenters. The number of hydrogen-bond acceptors (Lipinski definition) is 4. The smallest absolute Gasteiger partial charge is 0.335 e. The molecular formula is C14H12N4O2. The molecule has 0 saturated heterocycles. The fraction of sp³-hybridized carbons (Fsp3) is 0.143. The summed E-state index contributed by atoms with van der Waals surface area (Å²) >= 11 is 0. The van der Waals surface area contributed by atoms with E-state index in [0.717, 1.165) is 16.8 Å². The highest BCUT2D eigenvalue weighted by molar-refractivity contribution is 5.92. The Bertz CT molecular complexity index is 777. The van der Waals surface area contributed by atoms with E-state index in [1.807, 2.05) is 19.1 Å². The van der Waals surface area contributed by atoms with Crippen LogP contribution < -0.4 is 0 Å². The highest BCUT2D eigenvalue weighted by atomic mass is 16.4. The number of aryl methyl sites for hydroxylation is 1. The SMILES string of the molecule is Cc1ccc(Cn2nnc3cc(C(=O)O)ccc32)cn1. The number of aromatic carboxylic acids is 1. The summed E-state index contributed by atoms with van der Waals surface area (Å²) in [6.45, 7) is 2.48. The molecule has 2 heterocycles. The van der Waals surface area contributed by atoms with Gasteiger partial charge in [-0.3, -0.25) is 4.98 Å². The first-order valence-corrected chi connectivity index (χ1v) is 6.11. The first-order valence-electron chi connectivity index (χ1n) is 6.11. The molecule has 0 aliphatic rings. The molecule has 0 radical (unpaired) electrons. The lowest BCUT2D eigenvalue weighted by Crippen LogP contribution is -2.02. The van der Waals surface area contributed by atoms with Gasteiger partial charge in [-0.2, -0.15) is 0 Å². The van der Waals surface area contributed by atoms with Crippen LogP contribution in [0.4, 0.5) is 0 Å². The van der Waals surface area contributed by atoms with Gasteiger partial charge in [0.1, 0.15) is 5.52 Å². The van der Waals surface area contributed by atoms with E-state index in [-0.39, 0.29) is 5.56 Å². The van der Waals surface area contributed by atoms with Gasteiger partial charge in [-0.15, -0.1) is 5.10 Å². The second-order valence-corrected chi connectivity index (χ2v) is 4.56. The second kappa shape index (κ2) is 4.73. The van der Waals surface area contributed by atoms with Gasteiger partial charge in [-0.25, -0.2) is 9.48 Å². The monoisotopic (exact) mass is 268 g/mol. The fourth-order valence-corrected chi connectivity index (χ4v) is 1.99. The van der Waals surface area contributed by atoms with Gasteiger partial charge in [-0.05, 0) is 36.8 Å². The van der Waals surface area contributed by atoms with Crippen molar-refractivity contribution in [1.29, 1.82) is 0 Å². The Hall–Kier alpha value is -2.76. The number of carboxylic acid groups (broad SMARTS) is 1. The Labute approximate surface area is 114 Å². The van der Waals surface area contributed by atoms with Crippen LogP contribution in [0.2, 0.25) is 0 Å². The second-order valence-electron chi connectivity index (χ2n) is 4.56. The average Bonchev–Trinajstić information content (AvgIpc) is 2.84. The Morgan fingerprint density at radius 2 is 2.15 bits per heavy atom. The maximum atomic E-state index is 10.9. The summed E-state index contributed by atoms with van der Waals surface area (Å²) in [5.41, 5.74) is 3.56. The lowest BCUT2D eigenvalue weighted by molar-refractivity contribution is 0.0697. The van der Waals surface area contributed by atoms with E-state index in [9.17, 15) is 4.79 Å². The van der Waals surface area contributed by atoms with E-state index in [1.165, 1.54) is 6.07 Å². The Morgan fingerprint density at radius 3 is 2.85 bits per heavy atom. The standard InChI is InChI=1S/C14H12N4O2/c1-9-2-3-10(7-15-9)8-18-13-5-4-11(14(19)20)6-12(13)16-17-18/h2-7H,8H2,1H3,(H,19,20). The van der Waals surface area contributed by atoms with Crippen LogP contribution in [-0.2, 0) is 6.54 Å². The van der Waals surface area contributed by atoms with E-state index in [4.69, 9.17) is 5.11 Å². The highest BCUT2D eigenvalue weighted by Crippen LogP contribution is 2.15. The number of aromatic nitrogens is 4. The summed E-state index contributed by atoms with van der Waals surface area (Å²) in [5, 5.41) is 17.0. The Balaban J connectivity index is 1.96. The zero-order chi connectivity index (χ0) is 14.1. The molecule has 6 nitrogen and oxygen atoms in total. The molecule has 3 aromatic rings. The molecule has 0 bridgehead atoms. The van der Waals surface area contributed by atoms with Crippen molar-refractivity contribution in [2.45, 2.75) is 13.5 Å². The zero-order valence-corrected chi connectivity index (χ0v) is 10.8. The molecule has 0 spiro atoms. The summed E-state index contributed by atoms with van der Waals surface area (Å²) in [6.07, 6.45) is 1.80. The lowest BCUT2D eigenvalue weighted by atomic mass is 10.2. The molecule has 1 N–H and O–H groups in total. The Morgan fingerprint density at radius 1 is 1.30 bits per heavy atom. The number of nitrogens with zero attached hydrogens (tertiary/aromatic N) is 4. The highest BCUT2D eigenvalue weighted by Gasteiger charge is 2.09. The van der Waals surface area contributed by atoms with Crippen molar-refractivity contribution < 1.29 is 9.90 Å². The van der Waals surface area contributed by atoms with Crippen LogP contribution in [0.5, 0.6) is 0 Å². The molecule has 20 heavy (non-hydrogen) atoms. The number of rotatable bonds is 3. The molecular weight excluding hydrogens is 256 g/mol. The summed E-state index contributed by atoms with van der Waals surface area (Å²) in [6, 6.07) is 8.73. The van der Waals surface area contributed by atoms with Gasteiger partial charge in [-0.1, -0.05) is 11.3 Å². The van der Waals surface area contributed by atoms with Crippen molar-refractivity contribution in [3.05, 3.63) is 53.3 Å². The van der Waals surface area contributed by atoms with Gasteiger partial charge in [0.2, 0.25) is 0 Å². The third-order valence-corrected chi connectivity index (χ3v) is 3.07. The summed E-state index contributed by atoms with van der Waals surface area (Å²) in [4.78, 5) is 15.1. The molecule has 0 amide bonds. The minimum Gasteiger partial charge on any atom is -0.478 e. The zero-order valence-electron chi connectivity index (χ0n) is 10.8. The predicted octanol–water partition coefficient (Wildman–Crippen LogP) is 1.88. The van der Waals surface area contributed by atoms with Crippen LogP contribution in [0.15, 0.2) is 36.5 Å². The van der Waals surface area contributed by atoms with E-state index >= 15 is 0 Å². The summed E-state index contributed by atoms with van der Waals surface area (Å²) in [5.74, 6) is -0.968.